The fraction of sp³-hybridized carbons (Fsp3) is 0.458. The van der Waals surface area contributed by atoms with E-state index in [1.807, 2.05) is 0 Å². The van der Waals surface area contributed by atoms with Crippen molar-refractivity contribution in [2.24, 2.45) is 0 Å². The largest absolute Gasteiger partial charge is 0.489 e. The van der Waals surface area contributed by atoms with Gasteiger partial charge in [-0.25, -0.2) is 26.3 Å². The van der Waals surface area contributed by atoms with Gasteiger partial charge in [-0.15, -0.1) is 0 Å². The number of hydrogen-bond acceptors (Lipinski definition) is 4. The Morgan fingerprint density at radius 3 is 2.68 bits per heavy atom. The van der Waals surface area contributed by atoms with E-state index in [2.05, 4.69) is 4.72 Å². The van der Waals surface area contributed by atoms with Crippen LogP contribution in [0.3, 0.4) is 0 Å². The number of nitrogens with zero attached hydrogens (tertiary/aromatic N) is 1. The van der Waals surface area contributed by atoms with E-state index < -0.39 is 39.1 Å². The third-order valence-corrected chi connectivity index (χ3v) is 8.75. The first-order valence-corrected chi connectivity index (χ1v) is 12.8. The number of ether oxygens (including phenoxy) is 1. The number of halogens is 3. The summed E-state index contributed by atoms with van der Waals surface area (Å²) in [6.07, 6.45) is -1.86. The maximum atomic E-state index is 15.1. The van der Waals surface area contributed by atoms with E-state index in [1.54, 1.807) is 36.4 Å². The lowest BCUT2D eigenvalue weighted by Gasteiger charge is -2.43. The molecule has 2 aromatic rings. The summed E-state index contributed by atoms with van der Waals surface area (Å²) in [4.78, 5) is 14.5. The molecule has 0 spiro atoms. The predicted octanol–water partition coefficient (Wildman–Crippen LogP) is 3.50. The van der Waals surface area contributed by atoms with Crippen LogP contribution in [0.25, 0.3) is 11.1 Å². The minimum atomic E-state index is -4.41. The Morgan fingerprint density at radius 1 is 1.15 bits per heavy atom. The lowest BCUT2D eigenvalue weighted by Crippen LogP contribution is -2.63. The molecule has 2 aromatic carbocycles. The third-order valence-electron chi connectivity index (χ3n) is 6.80. The Morgan fingerprint density at radius 2 is 1.91 bits per heavy atom. The van der Waals surface area contributed by atoms with E-state index in [4.69, 9.17) is 4.74 Å². The number of hydrogen-bond donors (Lipinski definition) is 1. The number of benzene rings is 2. The molecule has 1 aliphatic carbocycles. The number of piperidine rings is 1. The normalized spacial score (nSPS) is 26.4. The molecule has 0 radical (unpaired) electrons. The van der Waals surface area contributed by atoms with E-state index in [9.17, 15) is 22.0 Å². The fourth-order valence-electron chi connectivity index (χ4n) is 4.77. The van der Waals surface area contributed by atoms with Crippen LogP contribution >= 0.6 is 0 Å². The number of carbonyl (C=O) groups is 1. The average Bonchev–Trinajstić information content (AvgIpc) is 3.56. The molecule has 3 aliphatic rings. The van der Waals surface area contributed by atoms with Gasteiger partial charge in [-0.05, 0) is 30.0 Å². The zero-order valence-corrected chi connectivity index (χ0v) is 19.2. The summed E-state index contributed by atoms with van der Waals surface area (Å²) in [7, 11) is -4.41. The van der Waals surface area contributed by atoms with E-state index in [0.717, 1.165) is 0 Å². The molecule has 2 fully saturated rings. The van der Waals surface area contributed by atoms with Gasteiger partial charge in [-0.3, -0.25) is 4.79 Å². The Balaban J connectivity index is 1.55. The quantitative estimate of drug-likeness (QED) is 0.709. The Kier molecular flexibility index (Phi) is 5.84. The van der Waals surface area contributed by atoms with Crippen molar-refractivity contribution in [1.82, 2.24) is 9.62 Å². The van der Waals surface area contributed by atoms with Gasteiger partial charge in [0.1, 0.15) is 6.17 Å². The molecular weight excluding hydrogens is 469 g/mol. The lowest BCUT2D eigenvalue weighted by atomic mass is 9.89. The number of sulfonamides is 1. The van der Waals surface area contributed by atoms with E-state index in [-0.39, 0.29) is 56.9 Å². The van der Waals surface area contributed by atoms with Crippen LogP contribution in [-0.4, -0.2) is 55.6 Å². The van der Waals surface area contributed by atoms with Gasteiger partial charge >= 0.3 is 0 Å². The zero-order chi connectivity index (χ0) is 24.1. The van der Waals surface area contributed by atoms with Crippen LogP contribution in [0.4, 0.5) is 13.2 Å². The number of amides is 1. The van der Waals surface area contributed by atoms with Crippen LogP contribution in [0, 0.1) is 5.82 Å². The van der Waals surface area contributed by atoms with E-state index in [1.165, 1.54) is 11.0 Å². The maximum Gasteiger partial charge on any atom is 0.247 e. The van der Waals surface area contributed by atoms with Crippen LogP contribution in [-0.2, 0) is 21.2 Å². The van der Waals surface area contributed by atoms with Crippen molar-refractivity contribution in [2.75, 3.05) is 13.2 Å². The molecule has 2 aliphatic heterocycles. The lowest BCUT2D eigenvalue weighted by molar-refractivity contribution is -0.137. The molecule has 34 heavy (non-hydrogen) atoms. The van der Waals surface area contributed by atoms with Crippen LogP contribution in [0.2, 0.25) is 0 Å². The first-order valence-electron chi connectivity index (χ1n) is 11.3. The highest BCUT2D eigenvalue weighted by molar-refractivity contribution is 7.91. The van der Waals surface area contributed by atoms with Gasteiger partial charge in [0.2, 0.25) is 20.9 Å². The molecule has 2 bridgehead atoms. The molecule has 3 atom stereocenters. The van der Waals surface area contributed by atoms with E-state index in [0.29, 0.717) is 16.7 Å². The highest BCUT2D eigenvalue weighted by atomic mass is 32.2. The van der Waals surface area contributed by atoms with Crippen molar-refractivity contribution >= 4 is 15.9 Å². The van der Waals surface area contributed by atoms with E-state index >= 15 is 4.39 Å². The van der Waals surface area contributed by atoms with Crippen molar-refractivity contribution in [3.05, 3.63) is 53.8 Å². The Hall–Kier alpha value is -2.59. The summed E-state index contributed by atoms with van der Waals surface area (Å²) in [5, 5.41) is -2.38. The molecular formula is C24H25F3N2O4S. The summed E-state index contributed by atoms with van der Waals surface area (Å²) in [6, 6.07) is 9.54. The van der Waals surface area contributed by atoms with Crippen LogP contribution in [0.5, 0.6) is 5.75 Å². The number of carbonyl (C=O) groups excluding carboxylic acids is 1. The summed E-state index contributed by atoms with van der Waals surface area (Å²) in [5.74, 6) is -0.856. The second-order valence-electron chi connectivity index (χ2n) is 9.11. The average molecular weight is 495 g/mol. The molecule has 1 saturated heterocycles. The molecule has 1 amide bonds. The molecule has 182 valence electrons. The van der Waals surface area contributed by atoms with Crippen molar-refractivity contribution in [3.8, 4) is 16.9 Å². The summed E-state index contributed by atoms with van der Waals surface area (Å²) in [5.41, 5.74) is 1.90. The van der Waals surface area contributed by atoms with Gasteiger partial charge in [0.05, 0.1) is 25.1 Å². The predicted molar refractivity (Wildman–Crippen MR) is 120 cm³/mol. The number of nitrogens with one attached hydrogen (secondary N) is 1. The molecule has 6 nitrogen and oxygen atoms in total. The molecule has 1 N–H and O–H groups in total. The van der Waals surface area contributed by atoms with Gasteiger partial charge in [0.15, 0.2) is 11.6 Å². The van der Waals surface area contributed by atoms with Gasteiger partial charge in [-0.1, -0.05) is 36.4 Å². The molecule has 1 saturated carbocycles. The number of alkyl halides is 2. The highest BCUT2D eigenvalue weighted by Crippen LogP contribution is 2.45. The minimum absolute atomic E-state index is 0.0513. The summed E-state index contributed by atoms with van der Waals surface area (Å²) >= 11 is 0. The first-order chi connectivity index (χ1) is 16.2. The van der Waals surface area contributed by atoms with Gasteiger partial charge in [0, 0.05) is 24.9 Å². The standard InChI is InChI=1S/C24H25F3N2O4S/c25-18-7-11-29-20(22(18)28-34(31,32)24(27)9-10-24)14-15-3-1-4-16(13-15)17-5-2-6-19(26)23(17)33-12-8-21(29)30/h1-6,13,18,20,22,28H,7-12,14H2/t18-,20-,22-/m0/s1. The second kappa shape index (κ2) is 8.57. The second-order valence-corrected chi connectivity index (χ2v) is 11.1. The maximum absolute atomic E-state index is 15.1. The number of fused-ring (bicyclic) bond motifs is 5. The van der Waals surface area contributed by atoms with Gasteiger partial charge in [-0.2, -0.15) is 0 Å². The number of para-hydroxylation sites is 1. The molecule has 2 heterocycles. The molecule has 5 rings (SSSR count). The first kappa shape index (κ1) is 23.2. The molecule has 10 heteroatoms. The summed E-state index contributed by atoms with van der Waals surface area (Å²) in [6.45, 7) is -0.00693. The van der Waals surface area contributed by atoms with Crippen molar-refractivity contribution in [1.29, 1.82) is 0 Å². The Bertz CT molecular complexity index is 1220. The highest BCUT2D eigenvalue weighted by Gasteiger charge is 2.57. The van der Waals surface area contributed by atoms with Gasteiger partial charge in [0.25, 0.3) is 0 Å². The van der Waals surface area contributed by atoms with Crippen LogP contribution in [0.15, 0.2) is 42.5 Å². The summed E-state index contributed by atoms with van der Waals surface area (Å²) < 4.78 is 77.2. The Labute approximate surface area is 196 Å². The smallest absolute Gasteiger partial charge is 0.247 e. The van der Waals surface area contributed by atoms with Crippen LogP contribution < -0.4 is 9.46 Å². The van der Waals surface area contributed by atoms with Gasteiger partial charge < -0.3 is 9.64 Å². The zero-order valence-electron chi connectivity index (χ0n) is 18.3. The van der Waals surface area contributed by atoms with Crippen LogP contribution in [0.1, 0.15) is 31.2 Å². The fourth-order valence-corrected chi connectivity index (χ4v) is 6.28. The van der Waals surface area contributed by atoms with Crippen molar-refractivity contribution in [2.45, 2.75) is 55.4 Å². The molecule has 0 unspecified atom stereocenters. The van der Waals surface area contributed by atoms with Crippen molar-refractivity contribution in [3.63, 3.8) is 0 Å². The number of rotatable bonds is 3. The third kappa shape index (κ3) is 4.17. The SMILES string of the molecule is O=C1CCOc2c(F)cccc2-c2cccc(c2)C[C@H]2[C@@H](NS(=O)(=O)C3(F)CC3)[C@@H](F)CCN12. The minimum Gasteiger partial charge on any atom is -0.489 e. The topological polar surface area (TPSA) is 75.7 Å². The monoisotopic (exact) mass is 494 g/mol. The molecule has 0 aromatic heterocycles. The van der Waals surface area contributed by atoms with Crippen molar-refractivity contribution < 1.29 is 31.1 Å².